The van der Waals surface area contributed by atoms with Gasteiger partial charge >= 0.3 is 0 Å². The fourth-order valence-electron chi connectivity index (χ4n) is 3.99. The SMILES string of the molecule is CC(CC1CCCCN1)n1nc(-c2cccc([N+](=O)[O-])c2)c2ncccc2c1=O. The number of rotatable bonds is 5. The molecular formula is C21H23N5O3. The van der Waals surface area contributed by atoms with E-state index < -0.39 is 4.92 Å². The molecule has 1 aromatic carbocycles. The summed E-state index contributed by atoms with van der Waals surface area (Å²) in [6, 6.07) is 9.98. The van der Waals surface area contributed by atoms with Crippen LogP contribution in [-0.2, 0) is 0 Å². The summed E-state index contributed by atoms with van der Waals surface area (Å²) < 4.78 is 1.51. The largest absolute Gasteiger partial charge is 0.314 e. The summed E-state index contributed by atoms with van der Waals surface area (Å²) in [6.07, 6.45) is 5.86. The number of hydrogen-bond acceptors (Lipinski definition) is 6. The van der Waals surface area contributed by atoms with E-state index in [2.05, 4.69) is 15.4 Å². The average Bonchev–Trinajstić information content (AvgIpc) is 2.75. The van der Waals surface area contributed by atoms with Gasteiger partial charge in [-0.1, -0.05) is 18.6 Å². The Kier molecular flexibility index (Phi) is 5.35. The van der Waals surface area contributed by atoms with E-state index in [1.54, 1.807) is 30.5 Å². The quantitative estimate of drug-likeness (QED) is 0.526. The van der Waals surface area contributed by atoms with Gasteiger partial charge < -0.3 is 5.32 Å². The number of pyridine rings is 1. The predicted octanol–water partition coefficient (Wildman–Crippen LogP) is 3.46. The highest BCUT2D eigenvalue weighted by molar-refractivity contribution is 5.90. The van der Waals surface area contributed by atoms with Gasteiger partial charge in [0.15, 0.2) is 0 Å². The number of nitrogens with one attached hydrogen (secondary N) is 1. The number of nitrogens with zero attached hydrogens (tertiary/aromatic N) is 4. The maximum Gasteiger partial charge on any atom is 0.276 e. The lowest BCUT2D eigenvalue weighted by molar-refractivity contribution is -0.384. The molecule has 0 spiro atoms. The summed E-state index contributed by atoms with van der Waals surface area (Å²) in [5.74, 6) is 0. The Morgan fingerprint density at radius 3 is 2.93 bits per heavy atom. The van der Waals surface area contributed by atoms with Gasteiger partial charge in [-0.05, 0) is 44.9 Å². The van der Waals surface area contributed by atoms with Gasteiger partial charge in [-0.2, -0.15) is 5.10 Å². The summed E-state index contributed by atoms with van der Waals surface area (Å²) in [5.41, 5.74) is 1.29. The maximum absolute atomic E-state index is 13.1. The van der Waals surface area contributed by atoms with Gasteiger partial charge in [0, 0.05) is 29.9 Å². The number of benzene rings is 1. The molecule has 8 nitrogen and oxygen atoms in total. The molecule has 0 aliphatic carbocycles. The van der Waals surface area contributed by atoms with Crippen molar-refractivity contribution in [3.63, 3.8) is 0 Å². The van der Waals surface area contributed by atoms with Crippen LogP contribution in [0.15, 0.2) is 47.4 Å². The number of fused-ring (bicyclic) bond motifs is 1. The molecule has 0 saturated carbocycles. The lowest BCUT2D eigenvalue weighted by atomic mass is 9.99. The number of aromatic nitrogens is 3. The van der Waals surface area contributed by atoms with Gasteiger partial charge in [0.05, 0.1) is 16.4 Å². The second kappa shape index (κ2) is 8.08. The molecule has 0 radical (unpaired) electrons. The van der Waals surface area contributed by atoms with Gasteiger partial charge in [0.25, 0.3) is 11.2 Å². The zero-order valence-corrected chi connectivity index (χ0v) is 16.2. The number of nitro benzene ring substituents is 1. The molecule has 3 aromatic rings. The third-order valence-corrected chi connectivity index (χ3v) is 5.46. The van der Waals surface area contributed by atoms with Crippen molar-refractivity contribution in [1.82, 2.24) is 20.1 Å². The number of hydrogen-bond donors (Lipinski definition) is 1. The lowest BCUT2D eigenvalue weighted by Gasteiger charge is -2.26. The van der Waals surface area contributed by atoms with Gasteiger partial charge in [0.1, 0.15) is 11.2 Å². The maximum atomic E-state index is 13.1. The van der Waals surface area contributed by atoms with Gasteiger partial charge in [-0.25, -0.2) is 4.68 Å². The Bertz CT molecular complexity index is 1100. The van der Waals surface area contributed by atoms with E-state index >= 15 is 0 Å². The predicted molar refractivity (Wildman–Crippen MR) is 111 cm³/mol. The van der Waals surface area contributed by atoms with Gasteiger partial charge in [-0.15, -0.1) is 0 Å². The molecule has 8 heteroatoms. The molecule has 0 bridgehead atoms. The van der Waals surface area contributed by atoms with Gasteiger partial charge in [-0.3, -0.25) is 19.9 Å². The fourth-order valence-corrected chi connectivity index (χ4v) is 3.99. The van der Waals surface area contributed by atoms with E-state index in [0.29, 0.717) is 28.2 Å². The van der Waals surface area contributed by atoms with Crippen LogP contribution in [0.1, 0.15) is 38.6 Å². The van der Waals surface area contributed by atoms with E-state index in [-0.39, 0.29) is 17.3 Å². The van der Waals surface area contributed by atoms with Crippen molar-refractivity contribution < 1.29 is 4.92 Å². The summed E-state index contributed by atoms with van der Waals surface area (Å²) in [7, 11) is 0. The van der Waals surface area contributed by atoms with Crippen molar-refractivity contribution in [2.24, 2.45) is 0 Å². The standard InChI is InChI=1S/C21H23N5O3/c1-14(12-16-7-2-3-10-22-16)25-21(27)18-9-5-11-23-20(18)19(24-25)15-6-4-8-17(13-15)26(28)29/h4-6,8-9,11,13-14,16,22H,2-3,7,10,12H2,1H3. The monoisotopic (exact) mass is 393 g/mol. The molecule has 1 fully saturated rings. The van der Waals surface area contributed by atoms with E-state index in [1.165, 1.54) is 29.7 Å². The van der Waals surface area contributed by atoms with Crippen LogP contribution in [-0.4, -0.2) is 32.3 Å². The minimum absolute atomic E-state index is 0.0226. The van der Waals surface area contributed by atoms with Crippen LogP contribution in [0, 0.1) is 10.1 Å². The van der Waals surface area contributed by atoms with Crippen molar-refractivity contribution in [1.29, 1.82) is 0 Å². The molecule has 3 heterocycles. The van der Waals surface area contributed by atoms with Crippen molar-refractivity contribution in [2.75, 3.05) is 6.54 Å². The number of piperidine rings is 1. The van der Waals surface area contributed by atoms with Crippen LogP contribution in [0.3, 0.4) is 0 Å². The van der Waals surface area contributed by atoms with Crippen LogP contribution >= 0.6 is 0 Å². The Labute approximate surface area is 167 Å². The van der Waals surface area contributed by atoms with E-state index in [1.807, 2.05) is 6.92 Å². The second-order valence-corrected chi connectivity index (χ2v) is 7.54. The first kappa shape index (κ1) is 19.2. The number of nitro groups is 1. The normalized spacial score (nSPS) is 17.9. The first-order valence-electron chi connectivity index (χ1n) is 9.90. The van der Waals surface area contributed by atoms with Crippen molar-refractivity contribution in [2.45, 2.75) is 44.7 Å². The van der Waals surface area contributed by atoms with Crippen LogP contribution in [0.2, 0.25) is 0 Å². The molecule has 1 N–H and O–H groups in total. The molecule has 2 atom stereocenters. The van der Waals surface area contributed by atoms with Crippen LogP contribution in [0.5, 0.6) is 0 Å². The third-order valence-electron chi connectivity index (χ3n) is 5.46. The third kappa shape index (κ3) is 3.88. The molecule has 1 aliphatic rings. The smallest absolute Gasteiger partial charge is 0.276 e. The van der Waals surface area contributed by atoms with Crippen LogP contribution in [0.4, 0.5) is 5.69 Å². The highest BCUT2D eigenvalue weighted by atomic mass is 16.6. The van der Waals surface area contributed by atoms with Gasteiger partial charge in [0.2, 0.25) is 0 Å². The van der Waals surface area contributed by atoms with Crippen molar-refractivity contribution >= 4 is 16.6 Å². The molecule has 29 heavy (non-hydrogen) atoms. The van der Waals surface area contributed by atoms with Crippen molar-refractivity contribution in [3.05, 3.63) is 63.1 Å². The summed E-state index contributed by atoms with van der Waals surface area (Å²) >= 11 is 0. The summed E-state index contributed by atoms with van der Waals surface area (Å²) in [5, 5.41) is 19.8. The molecule has 0 amide bonds. The zero-order chi connectivity index (χ0) is 20.4. The minimum Gasteiger partial charge on any atom is -0.314 e. The molecular weight excluding hydrogens is 370 g/mol. The highest BCUT2D eigenvalue weighted by Gasteiger charge is 2.21. The van der Waals surface area contributed by atoms with E-state index in [4.69, 9.17) is 0 Å². The fraction of sp³-hybridized carbons (Fsp3) is 0.381. The van der Waals surface area contributed by atoms with E-state index in [0.717, 1.165) is 19.4 Å². The van der Waals surface area contributed by atoms with Crippen molar-refractivity contribution in [3.8, 4) is 11.3 Å². The highest BCUT2D eigenvalue weighted by Crippen LogP contribution is 2.27. The molecule has 2 unspecified atom stereocenters. The molecule has 150 valence electrons. The zero-order valence-electron chi connectivity index (χ0n) is 16.2. The summed E-state index contributed by atoms with van der Waals surface area (Å²) in [6.45, 7) is 2.99. The molecule has 2 aromatic heterocycles. The first-order chi connectivity index (χ1) is 14.0. The lowest BCUT2D eigenvalue weighted by Crippen LogP contribution is -2.37. The summed E-state index contributed by atoms with van der Waals surface area (Å²) in [4.78, 5) is 28.2. The van der Waals surface area contributed by atoms with E-state index in [9.17, 15) is 14.9 Å². The molecule has 4 rings (SSSR count). The molecule has 1 saturated heterocycles. The molecule has 1 aliphatic heterocycles. The average molecular weight is 393 g/mol. The Hall–Kier alpha value is -3.13. The topological polar surface area (TPSA) is 103 Å². The Morgan fingerprint density at radius 2 is 2.17 bits per heavy atom. The van der Waals surface area contributed by atoms with Crippen LogP contribution < -0.4 is 10.9 Å². The Morgan fingerprint density at radius 1 is 1.31 bits per heavy atom. The second-order valence-electron chi connectivity index (χ2n) is 7.54. The number of non-ortho nitro benzene ring substituents is 1. The minimum atomic E-state index is -0.438. The first-order valence-corrected chi connectivity index (χ1v) is 9.90. The Balaban J connectivity index is 1.82. The van der Waals surface area contributed by atoms with Crippen LogP contribution in [0.25, 0.3) is 22.2 Å².